The number of para-hydroxylation sites is 1. The fourth-order valence-corrected chi connectivity index (χ4v) is 3.25. The van der Waals surface area contributed by atoms with Gasteiger partial charge in [0.05, 0.1) is 0 Å². The summed E-state index contributed by atoms with van der Waals surface area (Å²) >= 11 is 0. The fourth-order valence-electron chi connectivity index (χ4n) is 3.25. The lowest BCUT2D eigenvalue weighted by atomic mass is 10.1. The van der Waals surface area contributed by atoms with E-state index in [2.05, 4.69) is 52.3 Å². The highest BCUT2D eigenvalue weighted by Gasteiger charge is 2.18. The maximum absolute atomic E-state index is 5.68. The van der Waals surface area contributed by atoms with Gasteiger partial charge in [0.15, 0.2) is 11.5 Å². The molecule has 2 aromatic carbocycles. The lowest BCUT2D eigenvalue weighted by molar-refractivity contribution is 0.171. The minimum absolute atomic E-state index is 0.645. The quantitative estimate of drug-likeness (QED) is 0.870. The Morgan fingerprint density at radius 1 is 0.783 bits per heavy atom. The fraction of sp³-hybridized carbons (Fsp3) is 0.368. The molecule has 2 aromatic rings. The van der Waals surface area contributed by atoms with Crippen LogP contribution in [-0.2, 0) is 6.54 Å². The maximum Gasteiger partial charge on any atom is 0.161 e. The zero-order chi connectivity index (χ0) is 15.5. The molecule has 4 rings (SSSR count). The van der Waals surface area contributed by atoms with Crippen LogP contribution in [0.3, 0.4) is 0 Å². The smallest absolute Gasteiger partial charge is 0.161 e. The molecular weight excluding hydrogens is 288 g/mol. The van der Waals surface area contributed by atoms with Crippen LogP contribution in [0.15, 0.2) is 48.5 Å². The first-order valence-corrected chi connectivity index (χ1v) is 8.29. The molecule has 1 saturated heterocycles. The highest BCUT2D eigenvalue weighted by molar-refractivity contribution is 5.46. The van der Waals surface area contributed by atoms with Gasteiger partial charge < -0.3 is 14.4 Å². The van der Waals surface area contributed by atoms with Gasteiger partial charge in [0.2, 0.25) is 0 Å². The van der Waals surface area contributed by atoms with Crippen LogP contribution in [0, 0.1) is 0 Å². The lowest BCUT2D eigenvalue weighted by Gasteiger charge is -2.36. The van der Waals surface area contributed by atoms with Crippen LogP contribution in [0.25, 0.3) is 0 Å². The van der Waals surface area contributed by atoms with E-state index in [0.717, 1.165) is 44.2 Å². The van der Waals surface area contributed by atoms with Crippen molar-refractivity contribution in [2.75, 3.05) is 44.3 Å². The third kappa shape index (κ3) is 3.27. The number of anilines is 1. The monoisotopic (exact) mass is 310 g/mol. The van der Waals surface area contributed by atoms with Gasteiger partial charge in [0, 0.05) is 38.4 Å². The summed E-state index contributed by atoms with van der Waals surface area (Å²) in [7, 11) is 0. The Morgan fingerprint density at radius 2 is 1.52 bits per heavy atom. The summed E-state index contributed by atoms with van der Waals surface area (Å²) in [5.41, 5.74) is 2.62. The van der Waals surface area contributed by atoms with E-state index in [9.17, 15) is 0 Å². The van der Waals surface area contributed by atoms with E-state index < -0.39 is 0 Å². The lowest BCUT2D eigenvalue weighted by Crippen LogP contribution is -2.45. The van der Waals surface area contributed by atoms with Gasteiger partial charge in [-0.15, -0.1) is 0 Å². The van der Waals surface area contributed by atoms with Gasteiger partial charge in [-0.25, -0.2) is 0 Å². The van der Waals surface area contributed by atoms with Gasteiger partial charge in [-0.1, -0.05) is 24.3 Å². The molecule has 23 heavy (non-hydrogen) atoms. The number of piperazine rings is 1. The normalized spacial score (nSPS) is 18.0. The van der Waals surface area contributed by atoms with E-state index in [-0.39, 0.29) is 0 Å². The van der Waals surface area contributed by atoms with Crippen molar-refractivity contribution < 1.29 is 9.47 Å². The molecule has 4 heteroatoms. The van der Waals surface area contributed by atoms with E-state index in [0.29, 0.717) is 13.2 Å². The molecule has 2 aliphatic rings. The SMILES string of the molecule is c1ccc(N2CCN(Cc3ccc4c(c3)OCCO4)CC2)cc1. The number of hydrogen-bond acceptors (Lipinski definition) is 4. The van der Waals surface area contributed by atoms with Gasteiger partial charge in [-0.05, 0) is 29.8 Å². The van der Waals surface area contributed by atoms with Crippen LogP contribution in [0.1, 0.15) is 5.56 Å². The summed E-state index contributed by atoms with van der Waals surface area (Å²) in [6.07, 6.45) is 0. The third-order valence-electron chi connectivity index (χ3n) is 4.51. The van der Waals surface area contributed by atoms with Crippen molar-refractivity contribution in [1.82, 2.24) is 4.90 Å². The molecule has 1 fully saturated rings. The molecule has 0 N–H and O–H groups in total. The number of nitrogens with zero attached hydrogens (tertiary/aromatic N) is 2. The maximum atomic E-state index is 5.68. The van der Waals surface area contributed by atoms with Crippen LogP contribution in [0.5, 0.6) is 11.5 Å². The Balaban J connectivity index is 1.36. The first kappa shape index (κ1) is 14.4. The minimum Gasteiger partial charge on any atom is -0.486 e. The van der Waals surface area contributed by atoms with Crippen molar-refractivity contribution in [1.29, 1.82) is 0 Å². The predicted molar refractivity (Wildman–Crippen MR) is 91.4 cm³/mol. The summed E-state index contributed by atoms with van der Waals surface area (Å²) in [4.78, 5) is 4.96. The van der Waals surface area contributed by atoms with Crippen molar-refractivity contribution in [2.24, 2.45) is 0 Å². The van der Waals surface area contributed by atoms with E-state index in [4.69, 9.17) is 9.47 Å². The summed E-state index contributed by atoms with van der Waals surface area (Å²) in [6.45, 7) is 6.59. The summed E-state index contributed by atoms with van der Waals surface area (Å²) in [5.74, 6) is 1.76. The Labute approximate surface area is 137 Å². The van der Waals surface area contributed by atoms with Gasteiger partial charge in [-0.2, -0.15) is 0 Å². The largest absolute Gasteiger partial charge is 0.486 e. The Hall–Kier alpha value is -2.20. The molecule has 2 heterocycles. The van der Waals surface area contributed by atoms with Gasteiger partial charge in [0.1, 0.15) is 13.2 Å². The number of ether oxygens (including phenoxy) is 2. The second-order valence-corrected chi connectivity index (χ2v) is 6.08. The highest BCUT2D eigenvalue weighted by atomic mass is 16.6. The van der Waals surface area contributed by atoms with Crippen molar-refractivity contribution in [3.05, 3.63) is 54.1 Å². The van der Waals surface area contributed by atoms with Crippen LogP contribution in [0.2, 0.25) is 0 Å². The Kier molecular flexibility index (Phi) is 4.07. The van der Waals surface area contributed by atoms with Crippen LogP contribution >= 0.6 is 0 Å². The number of benzene rings is 2. The average Bonchev–Trinajstić information content (AvgIpc) is 2.63. The van der Waals surface area contributed by atoms with Gasteiger partial charge in [0.25, 0.3) is 0 Å². The van der Waals surface area contributed by atoms with E-state index >= 15 is 0 Å². The van der Waals surface area contributed by atoms with Gasteiger partial charge in [-0.3, -0.25) is 4.90 Å². The molecule has 120 valence electrons. The van der Waals surface area contributed by atoms with Crippen molar-refractivity contribution in [3.63, 3.8) is 0 Å². The highest BCUT2D eigenvalue weighted by Crippen LogP contribution is 2.31. The van der Waals surface area contributed by atoms with E-state index in [1.54, 1.807) is 0 Å². The summed E-state index contributed by atoms with van der Waals surface area (Å²) in [6, 6.07) is 17.0. The number of hydrogen-bond donors (Lipinski definition) is 0. The molecule has 0 atom stereocenters. The molecule has 0 amide bonds. The first-order chi connectivity index (χ1) is 11.4. The molecule has 0 saturated carbocycles. The van der Waals surface area contributed by atoms with Crippen molar-refractivity contribution in [3.8, 4) is 11.5 Å². The molecule has 0 spiro atoms. The van der Waals surface area contributed by atoms with Crippen molar-refractivity contribution in [2.45, 2.75) is 6.54 Å². The van der Waals surface area contributed by atoms with Crippen molar-refractivity contribution >= 4 is 5.69 Å². The summed E-state index contributed by atoms with van der Waals surface area (Å²) < 4.78 is 11.3. The van der Waals surface area contributed by atoms with E-state index in [1.165, 1.54) is 11.3 Å². The predicted octanol–water partition coefficient (Wildman–Crippen LogP) is 2.78. The molecule has 4 nitrogen and oxygen atoms in total. The number of fused-ring (bicyclic) bond motifs is 1. The third-order valence-corrected chi connectivity index (χ3v) is 4.51. The standard InChI is InChI=1S/C19H22N2O2/c1-2-4-17(5-3-1)21-10-8-20(9-11-21)15-16-6-7-18-19(14-16)23-13-12-22-18/h1-7,14H,8-13,15H2. The zero-order valence-corrected chi connectivity index (χ0v) is 13.3. The molecule has 0 bridgehead atoms. The molecule has 0 unspecified atom stereocenters. The van der Waals surface area contributed by atoms with Gasteiger partial charge >= 0.3 is 0 Å². The second kappa shape index (κ2) is 6.50. The zero-order valence-electron chi connectivity index (χ0n) is 13.3. The molecular formula is C19H22N2O2. The van der Waals surface area contributed by atoms with Crippen LogP contribution in [-0.4, -0.2) is 44.3 Å². The first-order valence-electron chi connectivity index (χ1n) is 8.29. The number of rotatable bonds is 3. The van der Waals surface area contributed by atoms with E-state index in [1.807, 2.05) is 6.07 Å². The van der Waals surface area contributed by atoms with Crippen LogP contribution in [0.4, 0.5) is 5.69 Å². The minimum atomic E-state index is 0.645. The molecule has 2 aliphatic heterocycles. The molecule has 0 aliphatic carbocycles. The topological polar surface area (TPSA) is 24.9 Å². The molecule has 0 radical (unpaired) electrons. The van der Waals surface area contributed by atoms with Crippen LogP contribution < -0.4 is 14.4 Å². The summed E-state index contributed by atoms with van der Waals surface area (Å²) in [5, 5.41) is 0. The second-order valence-electron chi connectivity index (χ2n) is 6.08. The Bertz CT molecular complexity index is 652. The Morgan fingerprint density at radius 3 is 2.30 bits per heavy atom. The average molecular weight is 310 g/mol. The molecule has 0 aromatic heterocycles.